The molecule has 3 heterocycles. The van der Waals surface area contributed by atoms with Crippen molar-refractivity contribution in [3.8, 4) is 0 Å². The first-order valence-electron chi connectivity index (χ1n) is 8.67. The second-order valence-corrected chi connectivity index (χ2v) is 7.67. The van der Waals surface area contributed by atoms with E-state index in [1.165, 1.54) is 29.8 Å². The Balaban J connectivity index is 0.00000300. The van der Waals surface area contributed by atoms with E-state index in [9.17, 15) is 24.6 Å². The van der Waals surface area contributed by atoms with Gasteiger partial charge in [-0.25, -0.2) is 9.97 Å². The largest absolute Gasteiger partial charge is 1.00 e. The number of aliphatic hydroxyl groups excluding tert-OH is 1. The van der Waals surface area contributed by atoms with Crippen molar-refractivity contribution in [2.75, 3.05) is 17.6 Å². The molecule has 4 N–H and O–H groups in total. The zero-order chi connectivity index (χ0) is 20.6. The molecule has 2 aliphatic rings. The minimum absolute atomic E-state index is 0. The Bertz CT molecular complexity index is 864. The van der Waals surface area contributed by atoms with Crippen LogP contribution in [-0.4, -0.2) is 62.2 Å². The van der Waals surface area contributed by atoms with Crippen molar-refractivity contribution in [3.63, 3.8) is 0 Å². The number of rotatable bonds is 7. The van der Waals surface area contributed by atoms with Gasteiger partial charge in [0.15, 0.2) is 0 Å². The van der Waals surface area contributed by atoms with E-state index in [0.29, 0.717) is 10.6 Å². The number of anilines is 1. The van der Waals surface area contributed by atoms with Crippen LogP contribution in [-0.2, 0) is 14.4 Å². The maximum absolute atomic E-state index is 12.3. The molecular formula is C17H20N5NaO5S. The molecule has 12 heteroatoms. The van der Waals surface area contributed by atoms with E-state index in [4.69, 9.17) is 5.73 Å². The summed E-state index contributed by atoms with van der Waals surface area (Å²) in [6.45, 7) is 3.16. The Kier molecular flexibility index (Phi) is 7.82. The average molecular weight is 429 g/mol. The van der Waals surface area contributed by atoms with E-state index in [1.54, 1.807) is 6.07 Å². The molecule has 10 nitrogen and oxygen atoms in total. The molecule has 0 aromatic carbocycles. The first kappa shape index (κ1) is 23.8. The predicted molar refractivity (Wildman–Crippen MR) is 97.4 cm³/mol. The number of nitrogens with one attached hydrogen (secondary N) is 1. The molecule has 1 aromatic heterocycles. The summed E-state index contributed by atoms with van der Waals surface area (Å²) in [6, 6.07) is 1.24. The van der Waals surface area contributed by atoms with Crippen molar-refractivity contribution in [2.45, 2.75) is 31.0 Å². The Morgan fingerprint density at radius 3 is 2.76 bits per heavy atom. The standard InChI is InChI=1S/C17H21N5O5S.Na/c1-7-9(6-28-11-3-4-19-17(21-11)20-10(24)5-18)14(16(26)27)22-13(7)12(8(2)23)15(22)25;/h3-4,7-8,12-13,23H,5-6,18H2,1-2H3,(H,26,27)(H,19,20,21,24);/q;+1/p-1/t7-,8+,12?,13?;/m0./s1. The van der Waals surface area contributed by atoms with Gasteiger partial charge in [0.2, 0.25) is 17.8 Å². The van der Waals surface area contributed by atoms with Gasteiger partial charge in [-0.2, -0.15) is 0 Å². The fraction of sp³-hybridized carbons (Fsp3) is 0.471. The molecule has 2 aliphatic heterocycles. The monoisotopic (exact) mass is 429 g/mol. The van der Waals surface area contributed by atoms with E-state index < -0.39 is 29.8 Å². The van der Waals surface area contributed by atoms with Gasteiger partial charge >= 0.3 is 29.6 Å². The Hall–Kier alpha value is -1.50. The van der Waals surface area contributed by atoms with Crippen molar-refractivity contribution in [1.29, 1.82) is 0 Å². The predicted octanol–water partition coefficient (Wildman–Crippen LogP) is -4.67. The Morgan fingerprint density at radius 2 is 2.17 bits per heavy atom. The molecule has 0 saturated carbocycles. The quantitative estimate of drug-likeness (QED) is 0.167. The van der Waals surface area contributed by atoms with Gasteiger partial charge in [-0.3, -0.25) is 14.9 Å². The molecule has 3 rings (SSSR count). The van der Waals surface area contributed by atoms with Crippen molar-refractivity contribution in [2.24, 2.45) is 17.6 Å². The van der Waals surface area contributed by atoms with Crippen LogP contribution in [0.1, 0.15) is 13.8 Å². The van der Waals surface area contributed by atoms with Crippen LogP contribution < -0.4 is 45.7 Å². The molecule has 4 atom stereocenters. The number of carboxylic acid groups (broad SMARTS) is 1. The number of nitrogens with zero attached hydrogens (tertiary/aromatic N) is 3. The third-order valence-electron chi connectivity index (χ3n) is 4.95. The van der Waals surface area contributed by atoms with Crippen molar-refractivity contribution < 1.29 is 54.2 Å². The summed E-state index contributed by atoms with van der Waals surface area (Å²) in [5, 5.41) is 24.5. The second kappa shape index (κ2) is 9.54. The van der Waals surface area contributed by atoms with E-state index in [-0.39, 0.29) is 65.5 Å². The summed E-state index contributed by atoms with van der Waals surface area (Å²) in [7, 11) is 0. The van der Waals surface area contributed by atoms with Gasteiger partial charge in [-0.05, 0) is 18.6 Å². The number of carboxylic acids is 1. The minimum Gasteiger partial charge on any atom is -0.543 e. The van der Waals surface area contributed by atoms with Crippen LogP contribution in [0.3, 0.4) is 0 Å². The Labute approximate surface area is 193 Å². The minimum atomic E-state index is -1.42. The first-order chi connectivity index (χ1) is 13.3. The summed E-state index contributed by atoms with van der Waals surface area (Å²) >= 11 is 1.25. The number of thioether (sulfide) groups is 1. The van der Waals surface area contributed by atoms with Gasteiger partial charge in [0.05, 0.1) is 36.3 Å². The topological polar surface area (TPSA) is 162 Å². The maximum atomic E-state index is 12.3. The number of carbonyl (C=O) groups is 3. The van der Waals surface area contributed by atoms with E-state index in [0.717, 1.165) is 0 Å². The molecule has 0 bridgehead atoms. The normalized spacial score (nSPS) is 23.8. The SMILES string of the molecule is C[C@@H](O)C1C(=O)N2C(C(=O)[O-])=C(CSc3ccnc(NC(=O)CN)n3)[C@H](C)C12.[Na+]. The van der Waals surface area contributed by atoms with Crippen LogP contribution in [0.2, 0.25) is 0 Å². The van der Waals surface area contributed by atoms with E-state index in [2.05, 4.69) is 15.3 Å². The Morgan fingerprint density at radius 1 is 1.48 bits per heavy atom. The summed E-state index contributed by atoms with van der Waals surface area (Å²) in [6.07, 6.45) is 0.607. The summed E-state index contributed by atoms with van der Waals surface area (Å²) in [4.78, 5) is 44.7. The van der Waals surface area contributed by atoms with Crippen LogP contribution in [0.15, 0.2) is 28.6 Å². The summed E-state index contributed by atoms with van der Waals surface area (Å²) in [5.74, 6) is -2.75. The first-order valence-corrected chi connectivity index (χ1v) is 9.66. The number of β-lactam (4-membered cyclic amide) rings is 1. The van der Waals surface area contributed by atoms with Gasteiger partial charge in [0.1, 0.15) is 5.03 Å². The number of hydrogen-bond acceptors (Lipinski definition) is 9. The summed E-state index contributed by atoms with van der Waals surface area (Å²) < 4.78 is 0. The number of aromatic nitrogens is 2. The van der Waals surface area contributed by atoms with Crippen molar-refractivity contribution in [3.05, 3.63) is 23.5 Å². The summed E-state index contributed by atoms with van der Waals surface area (Å²) in [5.41, 5.74) is 5.67. The number of carbonyl (C=O) groups excluding carboxylic acids is 3. The van der Waals surface area contributed by atoms with Crippen molar-refractivity contribution in [1.82, 2.24) is 14.9 Å². The zero-order valence-electron chi connectivity index (χ0n) is 16.3. The number of hydrogen-bond donors (Lipinski definition) is 3. The van der Waals surface area contributed by atoms with Gasteiger partial charge in [-0.15, -0.1) is 11.8 Å². The molecule has 1 aromatic rings. The third-order valence-corrected chi connectivity index (χ3v) is 5.93. The van der Waals surface area contributed by atoms with Gasteiger partial charge < -0.3 is 25.6 Å². The van der Waals surface area contributed by atoms with Gasteiger partial charge in [-0.1, -0.05) is 6.92 Å². The van der Waals surface area contributed by atoms with Crippen LogP contribution in [0.5, 0.6) is 0 Å². The molecule has 2 amide bonds. The number of amides is 2. The zero-order valence-corrected chi connectivity index (χ0v) is 19.1. The number of nitrogens with two attached hydrogens (primary N) is 1. The molecule has 0 aliphatic carbocycles. The van der Waals surface area contributed by atoms with E-state index in [1.807, 2.05) is 6.92 Å². The van der Waals surface area contributed by atoms with Crippen LogP contribution in [0.4, 0.5) is 5.95 Å². The molecule has 1 fully saturated rings. The number of fused-ring (bicyclic) bond motifs is 1. The average Bonchev–Trinajstić information content (AvgIpc) is 2.88. The fourth-order valence-electron chi connectivity index (χ4n) is 3.63. The molecular weight excluding hydrogens is 409 g/mol. The fourth-order valence-corrected chi connectivity index (χ4v) is 4.64. The molecule has 150 valence electrons. The van der Waals surface area contributed by atoms with Crippen LogP contribution in [0, 0.1) is 11.8 Å². The maximum Gasteiger partial charge on any atom is 1.00 e. The molecule has 0 spiro atoms. The van der Waals surface area contributed by atoms with Crippen LogP contribution >= 0.6 is 11.8 Å². The van der Waals surface area contributed by atoms with Crippen LogP contribution in [0.25, 0.3) is 0 Å². The molecule has 2 unspecified atom stereocenters. The smallest absolute Gasteiger partial charge is 0.543 e. The molecule has 1 saturated heterocycles. The number of aliphatic carboxylic acids is 1. The second-order valence-electron chi connectivity index (χ2n) is 6.67. The molecule has 29 heavy (non-hydrogen) atoms. The molecule has 0 radical (unpaired) electrons. The van der Waals surface area contributed by atoms with E-state index >= 15 is 0 Å². The van der Waals surface area contributed by atoms with Gasteiger partial charge in [0.25, 0.3) is 0 Å². The van der Waals surface area contributed by atoms with Crippen molar-refractivity contribution >= 4 is 35.5 Å². The number of aliphatic hydroxyl groups is 1. The third kappa shape index (κ3) is 4.49. The van der Waals surface area contributed by atoms with Gasteiger partial charge in [0, 0.05) is 17.9 Å².